The summed E-state index contributed by atoms with van der Waals surface area (Å²) in [7, 11) is 1.77. The average Bonchev–Trinajstić information content (AvgIpc) is 2.62. The van der Waals surface area contributed by atoms with E-state index in [0.29, 0.717) is 0 Å². The SMILES string of the molecule is CN=C(NCCCSc1ccc(F)cc1)NCCc1cccnc1. The van der Waals surface area contributed by atoms with E-state index in [0.717, 1.165) is 42.5 Å². The largest absolute Gasteiger partial charge is 0.356 e. The van der Waals surface area contributed by atoms with E-state index >= 15 is 0 Å². The highest BCUT2D eigenvalue weighted by Gasteiger charge is 1.99. The standard InChI is InChI=1S/C18H23FN4S/c1-20-18(23-12-9-15-4-2-10-21-14-15)22-11-3-13-24-17-7-5-16(19)6-8-17/h2,4-8,10,14H,3,9,11-13H2,1H3,(H2,20,22,23). The van der Waals surface area contributed by atoms with E-state index in [9.17, 15) is 4.39 Å². The fourth-order valence-electron chi connectivity index (χ4n) is 2.09. The summed E-state index contributed by atoms with van der Waals surface area (Å²) in [5, 5.41) is 6.60. The molecule has 0 aliphatic rings. The number of aliphatic imine (C=N–C) groups is 1. The lowest BCUT2D eigenvalue weighted by Gasteiger charge is -2.11. The molecule has 0 radical (unpaired) electrons. The van der Waals surface area contributed by atoms with Gasteiger partial charge in [-0.05, 0) is 54.5 Å². The first-order chi connectivity index (χ1) is 11.8. The molecule has 1 aromatic heterocycles. The highest BCUT2D eigenvalue weighted by molar-refractivity contribution is 7.99. The molecular formula is C18H23FN4S. The topological polar surface area (TPSA) is 49.3 Å². The van der Waals surface area contributed by atoms with Gasteiger partial charge in [0.25, 0.3) is 0 Å². The van der Waals surface area contributed by atoms with Crippen molar-refractivity contribution < 1.29 is 4.39 Å². The van der Waals surface area contributed by atoms with Crippen LogP contribution in [-0.4, -0.2) is 36.8 Å². The van der Waals surface area contributed by atoms with Gasteiger partial charge in [0.15, 0.2) is 5.96 Å². The van der Waals surface area contributed by atoms with Crippen LogP contribution in [0.4, 0.5) is 4.39 Å². The lowest BCUT2D eigenvalue weighted by Crippen LogP contribution is -2.38. The Morgan fingerprint density at radius 2 is 1.96 bits per heavy atom. The molecule has 2 aromatic rings. The fourth-order valence-corrected chi connectivity index (χ4v) is 2.94. The van der Waals surface area contributed by atoms with Gasteiger partial charge in [-0.3, -0.25) is 9.98 Å². The molecule has 0 atom stereocenters. The minimum absolute atomic E-state index is 0.192. The van der Waals surface area contributed by atoms with Gasteiger partial charge >= 0.3 is 0 Å². The molecule has 1 heterocycles. The van der Waals surface area contributed by atoms with Crippen molar-refractivity contribution in [2.45, 2.75) is 17.7 Å². The number of hydrogen-bond donors (Lipinski definition) is 2. The summed E-state index contributed by atoms with van der Waals surface area (Å²) in [5.41, 5.74) is 1.20. The van der Waals surface area contributed by atoms with E-state index in [-0.39, 0.29) is 5.82 Å². The molecule has 0 saturated heterocycles. The predicted molar refractivity (Wildman–Crippen MR) is 99.0 cm³/mol. The molecule has 2 rings (SSSR count). The molecule has 0 spiro atoms. The summed E-state index contributed by atoms with van der Waals surface area (Å²) < 4.78 is 12.8. The quantitative estimate of drug-likeness (QED) is 0.334. The van der Waals surface area contributed by atoms with Crippen molar-refractivity contribution in [1.29, 1.82) is 0 Å². The molecule has 0 aliphatic carbocycles. The summed E-state index contributed by atoms with van der Waals surface area (Å²) in [5.74, 6) is 1.60. The van der Waals surface area contributed by atoms with Crippen LogP contribution in [0.3, 0.4) is 0 Å². The number of guanidine groups is 1. The lowest BCUT2D eigenvalue weighted by molar-refractivity contribution is 0.626. The maximum atomic E-state index is 12.8. The van der Waals surface area contributed by atoms with Crippen LogP contribution in [0.5, 0.6) is 0 Å². The van der Waals surface area contributed by atoms with E-state index in [1.165, 1.54) is 17.7 Å². The summed E-state index contributed by atoms with van der Waals surface area (Å²) in [4.78, 5) is 9.41. The van der Waals surface area contributed by atoms with Crippen LogP contribution in [0.25, 0.3) is 0 Å². The maximum absolute atomic E-state index is 12.8. The molecule has 24 heavy (non-hydrogen) atoms. The number of thioether (sulfide) groups is 1. The minimum Gasteiger partial charge on any atom is -0.356 e. The molecule has 0 amide bonds. The second kappa shape index (κ2) is 10.6. The summed E-state index contributed by atoms with van der Waals surface area (Å²) >= 11 is 1.73. The third kappa shape index (κ3) is 7.00. The number of aromatic nitrogens is 1. The minimum atomic E-state index is -0.192. The average molecular weight is 346 g/mol. The number of pyridine rings is 1. The molecule has 0 fully saturated rings. The van der Waals surface area contributed by atoms with Gasteiger partial charge in [0.05, 0.1) is 0 Å². The van der Waals surface area contributed by atoms with Gasteiger partial charge in [-0.2, -0.15) is 0 Å². The van der Waals surface area contributed by atoms with Crippen molar-refractivity contribution >= 4 is 17.7 Å². The smallest absolute Gasteiger partial charge is 0.190 e. The van der Waals surface area contributed by atoms with E-state index < -0.39 is 0 Å². The third-order valence-corrected chi connectivity index (χ3v) is 4.45. The lowest BCUT2D eigenvalue weighted by atomic mass is 10.2. The monoisotopic (exact) mass is 346 g/mol. The van der Waals surface area contributed by atoms with Crippen molar-refractivity contribution in [2.24, 2.45) is 4.99 Å². The van der Waals surface area contributed by atoms with Gasteiger partial charge in [-0.25, -0.2) is 4.39 Å². The van der Waals surface area contributed by atoms with Gasteiger partial charge in [0.1, 0.15) is 5.82 Å². The highest BCUT2D eigenvalue weighted by Crippen LogP contribution is 2.18. The Hall–Kier alpha value is -2.08. The Morgan fingerprint density at radius 1 is 1.17 bits per heavy atom. The van der Waals surface area contributed by atoms with Crippen LogP contribution in [0, 0.1) is 5.82 Å². The first-order valence-corrected chi connectivity index (χ1v) is 8.98. The number of halogens is 1. The molecule has 0 aliphatic heterocycles. The maximum Gasteiger partial charge on any atom is 0.190 e. The Bertz CT molecular complexity index is 617. The second-order valence-electron chi connectivity index (χ2n) is 5.19. The van der Waals surface area contributed by atoms with E-state index in [1.807, 2.05) is 24.4 Å². The summed E-state index contributed by atoms with van der Waals surface area (Å²) in [6.07, 6.45) is 5.58. The van der Waals surface area contributed by atoms with Gasteiger partial charge in [-0.1, -0.05) is 6.07 Å². The predicted octanol–water partition coefficient (Wildman–Crippen LogP) is 3.11. The van der Waals surface area contributed by atoms with Crippen LogP contribution in [0.2, 0.25) is 0 Å². The zero-order valence-corrected chi connectivity index (χ0v) is 14.7. The van der Waals surface area contributed by atoms with Crippen LogP contribution < -0.4 is 10.6 Å². The van der Waals surface area contributed by atoms with Crippen LogP contribution in [-0.2, 0) is 6.42 Å². The zero-order valence-electron chi connectivity index (χ0n) is 13.8. The Morgan fingerprint density at radius 3 is 2.67 bits per heavy atom. The molecule has 0 bridgehead atoms. The van der Waals surface area contributed by atoms with Crippen molar-refractivity contribution in [3.8, 4) is 0 Å². The highest BCUT2D eigenvalue weighted by atomic mass is 32.2. The van der Waals surface area contributed by atoms with Crippen LogP contribution in [0.15, 0.2) is 58.7 Å². The Labute approximate surface area is 147 Å². The number of nitrogens with one attached hydrogen (secondary N) is 2. The number of benzene rings is 1. The van der Waals surface area contributed by atoms with Crippen molar-refractivity contribution in [3.63, 3.8) is 0 Å². The van der Waals surface area contributed by atoms with Crippen LogP contribution in [0.1, 0.15) is 12.0 Å². The van der Waals surface area contributed by atoms with Crippen molar-refractivity contribution in [3.05, 3.63) is 60.2 Å². The summed E-state index contributed by atoms with van der Waals surface area (Å²) in [6.45, 7) is 1.66. The van der Waals surface area contributed by atoms with Gasteiger partial charge < -0.3 is 10.6 Å². The molecule has 6 heteroatoms. The summed E-state index contributed by atoms with van der Waals surface area (Å²) in [6, 6.07) is 10.6. The molecule has 4 nitrogen and oxygen atoms in total. The Kier molecular flexibility index (Phi) is 8.10. The fraction of sp³-hybridized carbons (Fsp3) is 0.333. The van der Waals surface area contributed by atoms with E-state index in [4.69, 9.17) is 0 Å². The van der Waals surface area contributed by atoms with Crippen LogP contribution >= 0.6 is 11.8 Å². The van der Waals surface area contributed by atoms with Gasteiger partial charge in [0, 0.05) is 37.4 Å². The van der Waals surface area contributed by atoms with E-state index in [1.54, 1.807) is 25.0 Å². The first kappa shape index (κ1) is 18.3. The molecule has 0 saturated carbocycles. The zero-order chi connectivity index (χ0) is 17.0. The first-order valence-electron chi connectivity index (χ1n) is 8.00. The molecule has 128 valence electrons. The Balaban J connectivity index is 1.57. The van der Waals surface area contributed by atoms with E-state index in [2.05, 4.69) is 26.7 Å². The number of nitrogens with zero attached hydrogens (tertiary/aromatic N) is 2. The second-order valence-corrected chi connectivity index (χ2v) is 6.36. The van der Waals surface area contributed by atoms with Crippen molar-refractivity contribution in [1.82, 2.24) is 15.6 Å². The molecule has 1 aromatic carbocycles. The van der Waals surface area contributed by atoms with Gasteiger partial charge in [0.2, 0.25) is 0 Å². The normalized spacial score (nSPS) is 11.3. The van der Waals surface area contributed by atoms with Crippen molar-refractivity contribution in [2.75, 3.05) is 25.9 Å². The number of hydrogen-bond acceptors (Lipinski definition) is 3. The molecular weight excluding hydrogens is 323 g/mol. The third-order valence-electron chi connectivity index (χ3n) is 3.35. The van der Waals surface area contributed by atoms with Gasteiger partial charge in [-0.15, -0.1) is 11.8 Å². The number of rotatable bonds is 8. The molecule has 0 unspecified atom stereocenters. The molecule has 2 N–H and O–H groups in total.